The lowest BCUT2D eigenvalue weighted by molar-refractivity contribution is 0.100. The normalized spacial score (nSPS) is 10.8. The summed E-state index contributed by atoms with van der Waals surface area (Å²) in [5.74, 6) is -0.499. The van der Waals surface area contributed by atoms with Crippen molar-refractivity contribution < 1.29 is 4.79 Å². The van der Waals surface area contributed by atoms with E-state index in [0.717, 1.165) is 31.6 Å². The smallest absolute Gasteiger partial charge is 0.250 e. The van der Waals surface area contributed by atoms with Gasteiger partial charge in [0.25, 0.3) is 0 Å². The van der Waals surface area contributed by atoms with Gasteiger partial charge in [-0.05, 0) is 37.1 Å². The summed E-state index contributed by atoms with van der Waals surface area (Å²) in [5, 5.41) is 4.13. The molecule has 2 rings (SSSR count). The number of rotatable bonds is 9. The summed E-state index contributed by atoms with van der Waals surface area (Å²) in [4.78, 5) is 28.1. The Hall–Kier alpha value is -3.09. The number of nitrogens with zero attached hydrogens (tertiary/aromatic N) is 2. The number of aromatic amines is 1. The summed E-state index contributed by atoms with van der Waals surface area (Å²) < 4.78 is 0. The summed E-state index contributed by atoms with van der Waals surface area (Å²) in [6.07, 6.45) is 3.56. The minimum atomic E-state index is -0.499. The summed E-state index contributed by atoms with van der Waals surface area (Å²) in [6.45, 7) is 6.02. The van der Waals surface area contributed by atoms with Crippen LogP contribution < -0.4 is 21.6 Å². The lowest BCUT2D eigenvalue weighted by atomic mass is 10.2. The molecule has 0 aliphatic heterocycles. The van der Waals surface area contributed by atoms with Crippen molar-refractivity contribution in [2.75, 3.05) is 23.4 Å². The number of pyridine rings is 1. The number of H-pyrrole nitrogens is 1. The van der Waals surface area contributed by atoms with E-state index >= 15 is 0 Å². The van der Waals surface area contributed by atoms with Crippen LogP contribution in [0.3, 0.4) is 0 Å². The highest BCUT2D eigenvalue weighted by Gasteiger charge is 2.06. The Balaban J connectivity index is 2.16. The second-order valence-corrected chi connectivity index (χ2v) is 5.96. The number of amides is 1. The molecule has 0 atom stereocenters. The van der Waals surface area contributed by atoms with E-state index in [0.29, 0.717) is 16.9 Å². The van der Waals surface area contributed by atoms with E-state index in [1.54, 1.807) is 30.3 Å². The maximum atomic E-state index is 12.0. The van der Waals surface area contributed by atoms with E-state index in [2.05, 4.69) is 34.3 Å². The molecule has 1 amide bonds. The highest BCUT2D eigenvalue weighted by atomic mass is 16.1. The van der Waals surface area contributed by atoms with Crippen LogP contribution in [0.15, 0.2) is 46.3 Å². The number of hydrogen-bond acceptors (Lipinski definition) is 5. The van der Waals surface area contributed by atoms with Gasteiger partial charge >= 0.3 is 0 Å². The fourth-order valence-corrected chi connectivity index (χ4v) is 2.63. The molecule has 1 aromatic carbocycles. The van der Waals surface area contributed by atoms with E-state index in [-0.39, 0.29) is 5.56 Å². The molecule has 4 N–H and O–H groups in total. The van der Waals surface area contributed by atoms with Crippen LogP contribution in [0.25, 0.3) is 0 Å². The van der Waals surface area contributed by atoms with Gasteiger partial charge in [0.1, 0.15) is 0 Å². The third-order valence-corrected chi connectivity index (χ3v) is 3.75. The van der Waals surface area contributed by atoms with Crippen molar-refractivity contribution in [2.45, 2.75) is 26.7 Å². The first kappa shape index (κ1) is 19.2. The van der Waals surface area contributed by atoms with Gasteiger partial charge in [-0.3, -0.25) is 15.0 Å². The molecule has 0 saturated carbocycles. The number of hydrogen-bond donors (Lipinski definition) is 3. The van der Waals surface area contributed by atoms with Gasteiger partial charge in [0, 0.05) is 30.4 Å². The average Bonchev–Trinajstić information content (AvgIpc) is 2.61. The maximum absolute atomic E-state index is 12.0. The molecule has 0 bridgehead atoms. The van der Waals surface area contributed by atoms with Crippen molar-refractivity contribution in [2.24, 2.45) is 10.8 Å². The quantitative estimate of drug-likeness (QED) is 0.475. The molecule has 138 valence electrons. The summed E-state index contributed by atoms with van der Waals surface area (Å²) in [5.41, 5.74) is 10.4. The lowest BCUT2D eigenvalue weighted by Gasteiger charge is -2.23. The standard InChI is InChI=1S/C19H25N5O2/c1-3-8-24(9-4-2)17-11-16(22-18(25)12-17)13-21-23-15-7-5-6-14(10-15)19(20)26/h5-7,10-13,23H,3-4,8-9H2,1-2H3,(H2,20,26)(H,22,25)/b21-13+. The second-order valence-electron chi connectivity index (χ2n) is 5.96. The highest BCUT2D eigenvalue weighted by Crippen LogP contribution is 2.14. The molecule has 7 nitrogen and oxygen atoms in total. The largest absolute Gasteiger partial charge is 0.371 e. The fourth-order valence-electron chi connectivity index (χ4n) is 2.63. The van der Waals surface area contributed by atoms with Crippen molar-refractivity contribution in [3.05, 3.63) is 58.0 Å². The first-order valence-electron chi connectivity index (χ1n) is 8.71. The van der Waals surface area contributed by atoms with Gasteiger partial charge in [0.2, 0.25) is 11.5 Å². The van der Waals surface area contributed by atoms with Crippen molar-refractivity contribution in [1.82, 2.24) is 4.98 Å². The minimum Gasteiger partial charge on any atom is -0.371 e. The van der Waals surface area contributed by atoms with E-state index in [1.807, 2.05) is 6.07 Å². The zero-order valence-corrected chi connectivity index (χ0v) is 15.2. The summed E-state index contributed by atoms with van der Waals surface area (Å²) in [7, 11) is 0. The van der Waals surface area contributed by atoms with Gasteiger partial charge < -0.3 is 15.6 Å². The highest BCUT2D eigenvalue weighted by molar-refractivity contribution is 5.93. The zero-order chi connectivity index (χ0) is 18.9. The van der Waals surface area contributed by atoms with Crippen LogP contribution in [0.2, 0.25) is 0 Å². The number of nitrogens with two attached hydrogens (primary N) is 1. The number of anilines is 2. The Morgan fingerprint density at radius 1 is 1.23 bits per heavy atom. The van der Waals surface area contributed by atoms with Gasteiger partial charge in [-0.1, -0.05) is 19.9 Å². The van der Waals surface area contributed by atoms with Gasteiger partial charge in [-0.15, -0.1) is 0 Å². The van der Waals surface area contributed by atoms with Gasteiger partial charge in [0.15, 0.2) is 0 Å². The molecule has 7 heteroatoms. The second kappa shape index (κ2) is 9.41. The van der Waals surface area contributed by atoms with Crippen molar-refractivity contribution in [1.29, 1.82) is 0 Å². The number of benzene rings is 1. The number of carbonyl (C=O) groups excluding carboxylic acids is 1. The summed E-state index contributed by atoms with van der Waals surface area (Å²) in [6, 6.07) is 10.2. The van der Waals surface area contributed by atoms with Crippen molar-refractivity contribution >= 4 is 23.5 Å². The van der Waals surface area contributed by atoms with Crippen LogP contribution in [0.1, 0.15) is 42.7 Å². The predicted molar refractivity (Wildman–Crippen MR) is 106 cm³/mol. The number of primary amides is 1. The number of carbonyl (C=O) groups is 1. The molecule has 0 aliphatic carbocycles. The third kappa shape index (κ3) is 5.47. The maximum Gasteiger partial charge on any atom is 0.250 e. The summed E-state index contributed by atoms with van der Waals surface area (Å²) >= 11 is 0. The SMILES string of the molecule is CCCN(CCC)c1cc(/C=N/Nc2cccc(C(N)=O)c2)[nH]c(=O)c1. The lowest BCUT2D eigenvalue weighted by Crippen LogP contribution is -2.26. The van der Waals surface area contributed by atoms with Crippen LogP contribution in [0.5, 0.6) is 0 Å². The Morgan fingerprint density at radius 3 is 2.62 bits per heavy atom. The fraction of sp³-hybridized carbons (Fsp3) is 0.316. The van der Waals surface area contributed by atoms with Crippen LogP contribution in [0, 0.1) is 0 Å². The first-order valence-corrected chi connectivity index (χ1v) is 8.71. The molecule has 1 heterocycles. The van der Waals surface area contributed by atoms with Crippen molar-refractivity contribution in [3.63, 3.8) is 0 Å². The van der Waals surface area contributed by atoms with E-state index in [1.165, 1.54) is 6.21 Å². The van der Waals surface area contributed by atoms with Crippen molar-refractivity contribution in [3.8, 4) is 0 Å². The van der Waals surface area contributed by atoms with E-state index < -0.39 is 5.91 Å². The molecule has 0 spiro atoms. The zero-order valence-electron chi connectivity index (χ0n) is 15.2. The van der Waals surface area contributed by atoms with Crippen LogP contribution in [0.4, 0.5) is 11.4 Å². The van der Waals surface area contributed by atoms with Crippen LogP contribution in [-0.4, -0.2) is 30.2 Å². The van der Waals surface area contributed by atoms with E-state index in [4.69, 9.17) is 5.73 Å². The van der Waals surface area contributed by atoms with Gasteiger partial charge in [0.05, 0.1) is 17.6 Å². The Labute approximate surface area is 152 Å². The molecule has 2 aromatic rings. The van der Waals surface area contributed by atoms with Gasteiger partial charge in [-0.2, -0.15) is 5.10 Å². The molecular formula is C19H25N5O2. The molecule has 0 saturated heterocycles. The van der Waals surface area contributed by atoms with E-state index in [9.17, 15) is 9.59 Å². The Morgan fingerprint density at radius 2 is 1.96 bits per heavy atom. The van der Waals surface area contributed by atoms with Gasteiger partial charge in [-0.25, -0.2) is 0 Å². The number of nitrogens with one attached hydrogen (secondary N) is 2. The van der Waals surface area contributed by atoms with Crippen LogP contribution in [-0.2, 0) is 0 Å². The molecule has 0 unspecified atom stereocenters. The average molecular weight is 355 g/mol. The number of aromatic nitrogens is 1. The first-order chi connectivity index (χ1) is 12.5. The molecule has 0 radical (unpaired) electrons. The molecule has 26 heavy (non-hydrogen) atoms. The Bertz CT molecular complexity index is 823. The minimum absolute atomic E-state index is 0.170. The predicted octanol–water partition coefficient (Wildman–Crippen LogP) is 2.55. The monoisotopic (exact) mass is 355 g/mol. The third-order valence-electron chi connectivity index (χ3n) is 3.75. The molecule has 0 fully saturated rings. The molecular weight excluding hydrogens is 330 g/mol. The number of hydrazone groups is 1. The molecule has 1 aromatic heterocycles. The van der Waals surface area contributed by atoms with Crippen LogP contribution >= 0.6 is 0 Å². The molecule has 0 aliphatic rings. The Kier molecular flexibility index (Phi) is 6.96. The topological polar surface area (TPSA) is 104 Å².